The number of anilines is 1. The van der Waals surface area contributed by atoms with Gasteiger partial charge in [0.25, 0.3) is 5.91 Å². The van der Waals surface area contributed by atoms with E-state index >= 15 is 0 Å². The van der Waals surface area contributed by atoms with E-state index < -0.39 is 5.91 Å². The molecule has 0 atom stereocenters. The van der Waals surface area contributed by atoms with E-state index in [1.807, 2.05) is 18.2 Å². The molecule has 10 heteroatoms. The van der Waals surface area contributed by atoms with Gasteiger partial charge < -0.3 is 14.8 Å². The molecule has 35 heavy (non-hydrogen) atoms. The molecule has 0 bridgehead atoms. The molecule has 5 rings (SSSR count). The minimum Gasteiger partial charge on any atom is -0.507 e. The van der Waals surface area contributed by atoms with Crippen molar-refractivity contribution in [3.05, 3.63) is 75.1 Å². The van der Waals surface area contributed by atoms with Gasteiger partial charge in [-0.15, -0.1) is 11.3 Å². The van der Waals surface area contributed by atoms with Crippen molar-refractivity contribution in [1.82, 2.24) is 10.3 Å². The second kappa shape index (κ2) is 9.47. The number of aromatic hydroxyl groups is 1. The van der Waals surface area contributed by atoms with E-state index in [0.717, 1.165) is 27.6 Å². The number of hydrogen-bond acceptors (Lipinski definition) is 6. The number of halogens is 2. The van der Waals surface area contributed by atoms with Gasteiger partial charge in [-0.2, -0.15) is 0 Å². The van der Waals surface area contributed by atoms with Crippen molar-refractivity contribution in [2.24, 2.45) is 0 Å². The number of benzene rings is 3. The zero-order chi connectivity index (χ0) is 24.7. The zero-order valence-corrected chi connectivity index (χ0v) is 21.3. The van der Waals surface area contributed by atoms with E-state index in [4.69, 9.17) is 39.8 Å². The summed E-state index contributed by atoms with van der Waals surface area (Å²) in [4.78, 5) is 17.6. The van der Waals surface area contributed by atoms with E-state index in [2.05, 4.69) is 22.5 Å². The molecule has 0 fully saturated rings. The predicted octanol–water partition coefficient (Wildman–Crippen LogP) is 7.41. The molecule has 3 aromatic carbocycles. The van der Waals surface area contributed by atoms with Crippen LogP contribution in [-0.4, -0.2) is 21.1 Å². The van der Waals surface area contributed by atoms with Crippen LogP contribution in [0.25, 0.3) is 32.6 Å². The van der Waals surface area contributed by atoms with E-state index in [1.54, 1.807) is 30.3 Å². The van der Waals surface area contributed by atoms with Gasteiger partial charge in [0.05, 0.1) is 10.6 Å². The van der Waals surface area contributed by atoms with Gasteiger partial charge in [-0.1, -0.05) is 42.3 Å². The fourth-order valence-corrected chi connectivity index (χ4v) is 5.50. The number of thiocarbonyl (C=S) groups is 1. The molecular weight excluding hydrogens is 525 g/mol. The lowest BCUT2D eigenvalue weighted by atomic mass is 10.1. The first-order chi connectivity index (χ1) is 16.8. The molecule has 0 radical (unpaired) electrons. The van der Waals surface area contributed by atoms with Crippen LogP contribution in [-0.2, 0) is 6.42 Å². The molecule has 0 saturated heterocycles. The highest BCUT2D eigenvalue weighted by Gasteiger charge is 2.19. The third kappa shape index (κ3) is 4.70. The van der Waals surface area contributed by atoms with Crippen LogP contribution in [0.2, 0.25) is 10.0 Å². The van der Waals surface area contributed by atoms with E-state index in [-0.39, 0.29) is 10.9 Å². The van der Waals surface area contributed by atoms with Crippen LogP contribution in [0.5, 0.6) is 5.75 Å². The lowest BCUT2D eigenvalue weighted by Gasteiger charge is -2.10. The first-order valence-electron chi connectivity index (χ1n) is 10.5. The van der Waals surface area contributed by atoms with Crippen molar-refractivity contribution < 1.29 is 14.3 Å². The van der Waals surface area contributed by atoms with Crippen LogP contribution in [0.4, 0.5) is 5.69 Å². The summed E-state index contributed by atoms with van der Waals surface area (Å²) in [6.45, 7) is 2.07. The maximum Gasteiger partial charge on any atom is 0.269 e. The monoisotopic (exact) mass is 541 g/mol. The minimum absolute atomic E-state index is 0.0455. The standard InChI is InChI=1S/C25H17Cl2N3O3S2/c1-2-12-3-8-19-17(9-12)29-24(33-19)15-7-5-14(11-18(15)31)28-25(34)30-23(32)22-21(27)16-6-4-13(26)10-20(16)35-22/h3-11,31H,2H2,1H3,(H2,28,30,32,34). The Balaban J connectivity index is 1.31. The number of aryl methyl sites for hydroxylation is 1. The highest BCUT2D eigenvalue weighted by molar-refractivity contribution is 7.80. The quantitative estimate of drug-likeness (QED) is 0.205. The van der Waals surface area contributed by atoms with Crippen LogP contribution in [0.15, 0.2) is 59.0 Å². The van der Waals surface area contributed by atoms with Gasteiger partial charge >= 0.3 is 0 Å². The third-order valence-corrected chi connectivity index (χ3v) is 7.47. The second-order valence-electron chi connectivity index (χ2n) is 7.70. The molecule has 0 unspecified atom stereocenters. The molecule has 5 aromatic rings. The Hall–Kier alpha value is -3.17. The molecule has 0 saturated carbocycles. The molecular formula is C25H17Cl2N3O3S2. The number of oxazole rings is 1. The Labute approximate surface area is 219 Å². The Morgan fingerprint density at radius 1 is 1.14 bits per heavy atom. The van der Waals surface area contributed by atoms with E-state index in [1.165, 1.54) is 17.4 Å². The van der Waals surface area contributed by atoms with Crippen molar-refractivity contribution in [2.75, 3.05) is 5.32 Å². The topological polar surface area (TPSA) is 87.4 Å². The number of carbonyl (C=O) groups excluding carboxylic acids is 1. The molecule has 176 valence electrons. The molecule has 1 amide bonds. The van der Waals surface area contributed by atoms with E-state index in [9.17, 15) is 9.90 Å². The Kier molecular flexibility index (Phi) is 6.37. The van der Waals surface area contributed by atoms with Gasteiger partial charge in [0, 0.05) is 26.9 Å². The third-order valence-electron chi connectivity index (χ3n) is 5.37. The molecule has 0 spiro atoms. The van der Waals surface area contributed by atoms with Crippen LogP contribution < -0.4 is 10.6 Å². The van der Waals surface area contributed by atoms with Crippen LogP contribution in [0, 0.1) is 0 Å². The number of hydrogen-bond donors (Lipinski definition) is 3. The average molecular weight is 542 g/mol. The van der Waals surface area contributed by atoms with Crippen molar-refractivity contribution in [3.8, 4) is 17.2 Å². The lowest BCUT2D eigenvalue weighted by Crippen LogP contribution is -2.33. The highest BCUT2D eigenvalue weighted by Crippen LogP contribution is 2.37. The van der Waals surface area contributed by atoms with Crippen molar-refractivity contribution in [2.45, 2.75) is 13.3 Å². The number of nitrogens with zero attached hydrogens (tertiary/aromatic N) is 1. The summed E-state index contributed by atoms with van der Waals surface area (Å²) in [5.74, 6) is -0.174. The molecule has 2 heterocycles. The van der Waals surface area contributed by atoms with Gasteiger partial charge in [0.2, 0.25) is 5.89 Å². The predicted molar refractivity (Wildman–Crippen MR) is 146 cm³/mol. The summed E-state index contributed by atoms with van der Waals surface area (Å²) in [7, 11) is 0. The fraction of sp³-hybridized carbons (Fsp3) is 0.0800. The second-order valence-corrected chi connectivity index (χ2v) is 9.98. The lowest BCUT2D eigenvalue weighted by molar-refractivity contribution is 0.0982. The maximum atomic E-state index is 12.7. The molecule has 6 nitrogen and oxygen atoms in total. The van der Waals surface area contributed by atoms with Crippen molar-refractivity contribution in [1.29, 1.82) is 0 Å². The number of carbonyl (C=O) groups is 1. The number of amides is 1. The van der Waals surface area contributed by atoms with Gasteiger partial charge in [-0.05, 0) is 60.6 Å². The fourth-order valence-electron chi connectivity index (χ4n) is 3.61. The number of rotatable bonds is 4. The summed E-state index contributed by atoms with van der Waals surface area (Å²) in [6, 6.07) is 15.9. The number of nitrogens with one attached hydrogen (secondary N) is 2. The Morgan fingerprint density at radius 3 is 2.74 bits per heavy atom. The molecule has 0 aliphatic heterocycles. The maximum absolute atomic E-state index is 12.7. The number of fused-ring (bicyclic) bond motifs is 2. The Morgan fingerprint density at radius 2 is 1.97 bits per heavy atom. The average Bonchev–Trinajstić information content (AvgIpc) is 3.39. The minimum atomic E-state index is -0.441. The summed E-state index contributed by atoms with van der Waals surface area (Å²) in [5.41, 5.74) is 3.44. The summed E-state index contributed by atoms with van der Waals surface area (Å²) < 4.78 is 6.61. The van der Waals surface area contributed by atoms with Crippen LogP contribution in [0.1, 0.15) is 22.2 Å². The largest absolute Gasteiger partial charge is 0.507 e. The van der Waals surface area contributed by atoms with Gasteiger partial charge in [-0.3, -0.25) is 10.1 Å². The number of aromatic nitrogens is 1. The van der Waals surface area contributed by atoms with Crippen molar-refractivity contribution >= 4 is 84.6 Å². The van der Waals surface area contributed by atoms with Gasteiger partial charge in [0.15, 0.2) is 10.7 Å². The smallest absolute Gasteiger partial charge is 0.269 e. The first kappa shape index (κ1) is 23.6. The van der Waals surface area contributed by atoms with Crippen molar-refractivity contribution in [3.63, 3.8) is 0 Å². The van der Waals surface area contributed by atoms with Crippen LogP contribution in [0.3, 0.4) is 0 Å². The first-order valence-corrected chi connectivity index (χ1v) is 12.5. The number of thiophene rings is 1. The molecule has 0 aliphatic rings. The van der Waals surface area contributed by atoms with Gasteiger partial charge in [-0.25, -0.2) is 4.98 Å². The molecule has 2 aromatic heterocycles. The summed E-state index contributed by atoms with van der Waals surface area (Å²) in [6.07, 6.45) is 0.893. The molecule has 0 aliphatic carbocycles. The number of phenols is 1. The van der Waals surface area contributed by atoms with E-state index in [0.29, 0.717) is 37.6 Å². The number of phenolic OH excluding ortho intramolecular Hbond substituents is 1. The van der Waals surface area contributed by atoms with Gasteiger partial charge in [0.1, 0.15) is 16.1 Å². The normalized spacial score (nSPS) is 11.2. The summed E-state index contributed by atoms with van der Waals surface area (Å²) in [5, 5.41) is 17.8. The Bertz CT molecular complexity index is 1630. The molecule has 3 N–H and O–H groups in total. The van der Waals surface area contributed by atoms with Crippen LogP contribution >= 0.6 is 46.8 Å². The summed E-state index contributed by atoms with van der Waals surface area (Å²) >= 11 is 18.9. The SMILES string of the molecule is CCc1ccc2oc(-c3ccc(NC(=S)NC(=O)c4sc5cc(Cl)ccc5c4Cl)cc3O)nc2c1. The highest BCUT2D eigenvalue weighted by atomic mass is 35.5. The zero-order valence-electron chi connectivity index (χ0n) is 18.2.